The number of carbonyl (C=O) groups is 2. The third kappa shape index (κ3) is 3.59. The highest BCUT2D eigenvalue weighted by atomic mass is 16.5. The summed E-state index contributed by atoms with van der Waals surface area (Å²) < 4.78 is 11.5. The molecule has 36 heavy (non-hydrogen) atoms. The van der Waals surface area contributed by atoms with Crippen molar-refractivity contribution in [3.63, 3.8) is 0 Å². The second-order valence-corrected chi connectivity index (χ2v) is 10.6. The van der Waals surface area contributed by atoms with Crippen LogP contribution in [0.2, 0.25) is 0 Å². The summed E-state index contributed by atoms with van der Waals surface area (Å²) in [6.07, 6.45) is 0.0455. The van der Waals surface area contributed by atoms with Gasteiger partial charge in [0.25, 0.3) is 11.8 Å². The molecule has 2 amide bonds. The van der Waals surface area contributed by atoms with Gasteiger partial charge in [0.05, 0.1) is 24.3 Å². The molecular weight excluding hydrogens is 460 g/mol. The fourth-order valence-electron chi connectivity index (χ4n) is 5.73. The Morgan fingerprint density at radius 3 is 1.89 bits per heavy atom. The minimum absolute atomic E-state index is 0.0823. The van der Waals surface area contributed by atoms with Crippen molar-refractivity contribution in [2.24, 2.45) is 0 Å². The van der Waals surface area contributed by atoms with Crippen LogP contribution in [0.4, 0.5) is 0 Å². The van der Waals surface area contributed by atoms with Crippen molar-refractivity contribution in [2.45, 2.75) is 62.9 Å². The van der Waals surface area contributed by atoms with Crippen molar-refractivity contribution in [1.29, 1.82) is 0 Å². The number of nitrogens with zero attached hydrogens (tertiary/aromatic N) is 2. The number of hydrogen-bond acceptors (Lipinski definition) is 6. The smallest absolute Gasteiger partial charge is 0.259 e. The molecule has 4 aliphatic rings. The number of rotatable bonds is 2. The molecule has 8 heteroatoms. The minimum Gasteiger partial charge on any atom is -0.387 e. The molecule has 3 fully saturated rings. The van der Waals surface area contributed by atoms with E-state index in [0.29, 0.717) is 6.61 Å². The van der Waals surface area contributed by atoms with Crippen LogP contribution in [0.3, 0.4) is 0 Å². The van der Waals surface area contributed by atoms with Crippen LogP contribution in [0, 0.1) is 0 Å². The molecule has 0 saturated carbocycles. The van der Waals surface area contributed by atoms with E-state index < -0.39 is 29.4 Å². The van der Waals surface area contributed by atoms with Gasteiger partial charge in [0.1, 0.15) is 6.10 Å². The summed E-state index contributed by atoms with van der Waals surface area (Å²) >= 11 is 0. The first-order chi connectivity index (χ1) is 17.0. The Balaban J connectivity index is 0.000000149. The zero-order chi connectivity index (χ0) is 25.9. The number of amides is 2. The summed E-state index contributed by atoms with van der Waals surface area (Å²) in [5.74, 6) is -0.410. The van der Waals surface area contributed by atoms with Gasteiger partial charge in [-0.2, -0.15) is 0 Å². The molecule has 0 radical (unpaired) electrons. The molecule has 6 atom stereocenters. The molecule has 190 valence electrons. The first kappa shape index (κ1) is 24.6. The number of aliphatic hydroxyl groups excluding tert-OH is 1. The van der Waals surface area contributed by atoms with Crippen LogP contribution in [-0.4, -0.2) is 67.8 Å². The lowest BCUT2D eigenvalue weighted by atomic mass is 9.89. The van der Waals surface area contributed by atoms with Crippen molar-refractivity contribution >= 4 is 11.8 Å². The second kappa shape index (κ2) is 8.52. The van der Waals surface area contributed by atoms with E-state index in [4.69, 9.17) is 9.47 Å². The quantitative estimate of drug-likeness (QED) is 0.669. The maximum atomic E-state index is 12.3. The lowest BCUT2D eigenvalue weighted by Gasteiger charge is -2.30. The van der Waals surface area contributed by atoms with Gasteiger partial charge in [-0.15, -0.1) is 0 Å². The predicted molar refractivity (Wildman–Crippen MR) is 131 cm³/mol. The third-order valence-corrected chi connectivity index (χ3v) is 7.66. The molecule has 0 spiro atoms. The fraction of sp³-hybridized carbons (Fsp3) is 0.429. The Morgan fingerprint density at radius 2 is 1.33 bits per heavy atom. The molecule has 0 aliphatic carbocycles. The number of fused-ring (bicyclic) bond motifs is 2. The monoisotopic (exact) mass is 492 g/mol. The molecule has 2 aromatic rings. The van der Waals surface area contributed by atoms with Crippen molar-refractivity contribution < 1.29 is 29.3 Å². The number of hydrogen-bond donors (Lipinski definition) is 2. The molecule has 4 heterocycles. The normalized spacial score (nSPS) is 36.9. The first-order valence-corrected chi connectivity index (χ1v) is 12.1. The van der Waals surface area contributed by atoms with Crippen LogP contribution < -0.4 is 0 Å². The van der Waals surface area contributed by atoms with Crippen LogP contribution in [0.5, 0.6) is 0 Å². The van der Waals surface area contributed by atoms with Gasteiger partial charge in [-0.25, -0.2) is 0 Å². The first-order valence-electron chi connectivity index (χ1n) is 12.1. The van der Waals surface area contributed by atoms with E-state index in [1.807, 2.05) is 85.5 Å². The molecule has 2 N–H and O–H groups in total. The Labute approximate surface area is 210 Å². The molecule has 0 bridgehead atoms. The topological polar surface area (TPSA) is 99.5 Å². The highest BCUT2D eigenvalue weighted by Gasteiger charge is 2.67. The molecule has 4 aliphatic heterocycles. The zero-order valence-corrected chi connectivity index (χ0v) is 20.9. The minimum atomic E-state index is -1.76. The summed E-state index contributed by atoms with van der Waals surface area (Å²) in [6.45, 7) is 7.77. The van der Waals surface area contributed by atoms with Crippen molar-refractivity contribution in [1.82, 2.24) is 9.80 Å². The Kier molecular flexibility index (Phi) is 5.83. The SMILES string of the molecule is CC1(O)C(=O)N2C(c3ccccc3)OC[C@@]2(C)C1O.CC1=C[C@]2(C)COC(c3ccccc3)N2C1=O. The Hall–Kier alpha value is -3.04. The van der Waals surface area contributed by atoms with E-state index in [1.165, 1.54) is 11.8 Å². The Bertz CT molecular complexity index is 1200. The molecule has 0 aromatic heterocycles. The van der Waals surface area contributed by atoms with Crippen LogP contribution >= 0.6 is 0 Å². The summed E-state index contributed by atoms with van der Waals surface area (Å²) in [6, 6.07) is 19.2. The molecule has 3 saturated heterocycles. The van der Waals surface area contributed by atoms with Gasteiger partial charge >= 0.3 is 0 Å². The lowest BCUT2D eigenvalue weighted by molar-refractivity contribution is -0.152. The van der Waals surface area contributed by atoms with Crippen molar-refractivity contribution in [3.05, 3.63) is 83.4 Å². The van der Waals surface area contributed by atoms with Crippen molar-refractivity contribution in [3.8, 4) is 0 Å². The molecule has 8 nitrogen and oxygen atoms in total. The average molecular weight is 493 g/mol. The van der Waals surface area contributed by atoms with E-state index in [2.05, 4.69) is 0 Å². The van der Waals surface area contributed by atoms with E-state index in [9.17, 15) is 19.8 Å². The van der Waals surface area contributed by atoms with Gasteiger partial charge < -0.3 is 19.7 Å². The molecule has 2 aromatic carbocycles. The largest absolute Gasteiger partial charge is 0.387 e. The van der Waals surface area contributed by atoms with Crippen LogP contribution in [0.1, 0.15) is 51.3 Å². The summed E-state index contributed by atoms with van der Waals surface area (Å²) in [7, 11) is 0. The standard InChI is InChI=1S/C14H17NO4.C14H15NO2/c1-13-8-19-10(9-6-4-3-5-7-9)15(13)12(17)14(2,18)11(13)16;1-10-8-14(2)9-17-13(15(14)12(10)16)11-6-4-3-5-7-11/h3-7,10-11,16,18H,8H2,1-2H3;3-8,13H,9H2,1-2H3/t10?,11?,13-,14?;13?,14-/m01/s1. The maximum absolute atomic E-state index is 12.3. The number of benzene rings is 2. The summed E-state index contributed by atoms with van der Waals surface area (Å²) in [4.78, 5) is 27.8. The van der Waals surface area contributed by atoms with Crippen LogP contribution in [0.25, 0.3) is 0 Å². The Morgan fingerprint density at radius 1 is 0.833 bits per heavy atom. The number of ether oxygens (including phenoxy) is 2. The maximum Gasteiger partial charge on any atom is 0.259 e. The highest BCUT2D eigenvalue weighted by Crippen LogP contribution is 2.48. The van der Waals surface area contributed by atoms with Gasteiger partial charge in [0.2, 0.25) is 0 Å². The predicted octanol–water partition coefficient (Wildman–Crippen LogP) is 2.69. The van der Waals surface area contributed by atoms with Crippen molar-refractivity contribution in [2.75, 3.05) is 13.2 Å². The van der Waals surface area contributed by atoms with E-state index in [1.54, 1.807) is 6.92 Å². The van der Waals surface area contributed by atoms with Gasteiger partial charge in [-0.05, 0) is 33.8 Å². The highest BCUT2D eigenvalue weighted by molar-refractivity contribution is 5.97. The fourth-order valence-corrected chi connectivity index (χ4v) is 5.73. The molecular formula is C28H32N2O6. The van der Waals surface area contributed by atoms with Gasteiger partial charge in [0, 0.05) is 16.7 Å². The average Bonchev–Trinajstić information content (AvgIpc) is 3.50. The number of aliphatic hydroxyl groups is 2. The van der Waals surface area contributed by atoms with Crippen LogP contribution in [-0.2, 0) is 19.1 Å². The zero-order valence-electron chi connectivity index (χ0n) is 20.9. The molecule has 4 unspecified atom stereocenters. The lowest BCUT2D eigenvalue weighted by Crippen LogP contribution is -2.50. The van der Waals surface area contributed by atoms with Gasteiger partial charge in [0.15, 0.2) is 18.1 Å². The van der Waals surface area contributed by atoms with Gasteiger partial charge in [-0.3, -0.25) is 19.4 Å². The van der Waals surface area contributed by atoms with E-state index in [-0.39, 0.29) is 24.3 Å². The number of carbonyl (C=O) groups excluding carboxylic acids is 2. The van der Waals surface area contributed by atoms with E-state index >= 15 is 0 Å². The van der Waals surface area contributed by atoms with Gasteiger partial charge in [-0.1, -0.05) is 60.7 Å². The van der Waals surface area contributed by atoms with Crippen LogP contribution in [0.15, 0.2) is 72.3 Å². The summed E-state index contributed by atoms with van der Waals surface area (Å²) in [5, 5.41) is 20.4. The second-order valence-electron chi connectivity index (χ2n) is 10.6. The van der Waals surface area contributed by atoms with E-state index in [0.717, 1.165) is 16.7 Å². The summed E-state index contributed by atoms with van der Waals surface area (Å²) in [5.41, 5.74) is -0.234. The third-order valence-electron chi connectivity index (χ3n) is 7.66. The molecule has 6 rings (SSSR count).